The van der Waals surface area contributed by atoms with Crippen LogP contribution in [-0.2, 0) is 11.2 Å². The molecule has 0 aliphatic rings. The predicted molar refractivity (Wildman–Crippen MR) is 112 cm³/mol. The monoisotopic (exact) mass is 361 g/mol. The molecule has 3 aromatic rings. The van der Waals surface area contributed by atoms with E-state index < -0.39 is 0 Å². The van der Waals surface area contributed by atoms with Gasteiger partial charge in [-0.3, -0.25) is 4.79 Å². The van der Waals surface area contributed by atoms with Crippen LogP contribution in [0.4, 0.5) is 0 Å². The van der Waals surface area contributed by atoms with Gasteiger partial charge in [-0.25, -0.2) is 4.98 Å². The van der Waals surface area contributed by atoms with Crippen molar-refractivity contribution < 1.29 is 4.79 Å². The van der Waals surface area contributed by atoms with Crippen LogP contribution in [0.3, 0.4) is 0 Å². The molecule has 0 saturated heterocycles. The van der Waals surface area contributed by atoms with Crippen molar-refractivity contribution in [3.8, 4) is 11.3 Å². The van der Waals surface area contributed by atoms with Crippen LogP contribution in [0.1, 0.15) is 29.7 Å². The number of aromatic nitrogens is 1. The number of fused-ring (bicyclic) bond motifs is 1. The predicted octanol–water partition coefficient (Wildman–Crippen LogP) is 4.12. The lowest BCUT2D eigenvalue weighted by Crippen LogP contribution is -2.19. The summed E-state index contributed by atoms with van der Waals surface area (Å²) < 4.78 is 0. The van der Waals surface area contributed by atoms with Crippen molar-refractivity contribution in [3.63, 3.8) is 0 Å². The first-order valence-corrected chi connectivity index (χ1v) is 9.26. The number of nitrogens with zero attached hydrogens (tertiary/aromatic N) is 2. The molecule has 1 N–H and O–H groups in total. The van der Waals surface area contributed by atoms with Gasteiger partial charge in [0.1, 0.15) is 0 Å². The zero-order valence-corrected chi connectivity index (χ0v) is 16.7. The van der Waals surface area contributed by atoms with E-state index >= 15 is 0 Å². The molecule has 1 amide bonds. The molecule has 4 heteroatoms. The smallest absolute Gasteiger partial charge is 0.224 e. The molecule has 0 aliphatic carbocycles. The Kier molecular flexibility index (Phi) is 5.57. The van der Waals surface area contributed by atoms with Gasteiger partial charge in [0.05, 0.1) is 17.6 Å². The molecule has 0 aliphatic heterocycles. The highest BCUT2D eigenvalue weighted by Crippen LogP contribution is 2.27. The van der Waals surface area contributed by atoms with Crippen LogP contribution in [0, 0.1) is 6.92 Å². The molecule has 140 valence electrons. The summed E-state index contributed by atoms with van der Waals surface area (Å²) in [4.78, 5) is 18.7. The maximum Gasteiger partial charge on any atom is 0.224 e. The first-order valence-electron chi connectivity index (χ1n) is 9.26. The van der Waals surface area contributed by atoms with Crippen LogP contribution in [0.5, 0.6) is 0 Å². The van der Waals surface area contributed by atoms with Gasteiger partial charge in [-0.2, -0.15) is 0 Å². The number of hydrogen-bond acceptors (Lipinski definition) is 3. The SMILES string of the molecule is CNC(=O)Cc1ccc2nc(-c3ccc(C(C)N(C)C)cc3)cc(C)c2c1. The van der Waals surface area contributed by atoms with Crippen molar-refractivity contribution >= 4 is 16.8 Å². The number of aryl methyl sites for hydroxylation is 1. The third-order valence-electron chi connectivity index (χ3n) is 5.19. The lowest BCUT2D eigenvalue weighted by Gasteiger charge is -2.20. The molecule has 0 saturated carbocycles. The van der Waals surface area contributed by atoms with Gasteiger partial charge in [0.25, 0.3) is 0 Å². The minimum atomic E-state index is 0.0172. The van der Waals surface area contributed by atoms with Crippen LogP contribution in [0.25, 0.3) is 22.2 Å². The molecule has 27 heavy (non-hydrogen) atoms. The molecular formula is C23H27N3O. The number of benzene rings is 2. The average Bonchev–Trinajstić information content (AvgIpc) is 2.67. The van der Waals surface area contributed by atoms with Crippen molar-refractivity contribution in [2.45, 2.75) is 26.3 Å². The second-order valence-corrected chi connectivity index (χ2v) is 7.29. The molecule has 1 heterocycles. The fraction of sp³-hybridized carbons (Fsp3) is 0.304. The summed E-state index contributed by atoms with van der Waals surface area (Å²) >= 11 is 0. The number of hydrogen-bond donors (Lipinski definition) is 1. The minimum absolute atomic E-state index is 0.0172. The lowest BCUT2D eigenvalue weighted by atomic mass is 10.0. The Morgan fingerprint density at radius 2 is 1.81 bits per heavy atom. The molecule has 0 spiro atoms. The first kappa shape index (κ1) is 19.1. The summed E-state index contributed by atoms with van der Waals surface area (Å²) in [5.41, 5.74) is 6.50. The van der Waals surface area contributed by atoms with E-state index in [1.807, 2.05) is 12.1 Å². The molecular weight excluding hydrogens is 334 g/mol. The first-order chi connectivity index (χ1) is 12.9. The standard InChI is InChI=1S/C23H27N3O/c1-15-12-22(19-9-7-18(8-10-19)16(2)26(4)5)25-21-11-6-17(13-20(15)21)14-23(27)24-3/h6-13,16H,14H2,1-5H3,(H,24,27). The maximum atomic E-state index is 11.6. The lowest BCUT2D eigenvalue weighted by molar-refractivity contribution is -0.119. The van der Waals surface area contributed by atoms with Gasteiger partial charge in [-0.15, -0.1) is 0 Å². The highest BCUT2D eigenvalue weighted by Gasteiger charge is 2.10. The number of likely N-dealkylation sites (N-methyl/N-ethyl adjacent to an activating group) is 1. The quantitative estimate of drug-likeness (QED) is 0.743. The van der Waals surface area contributed by atoms with Gasteiger partial charge in [0.15, 0.2) is 0 Å². The summed E-state index contributed by atoms with van der Waals surface area (Å²) in [5, 5.41) is 3.76. The summed E-state index contributed by atoms with van der Waals surface area (Å²) in [7, 11) is 5.84. The van der Waals surface area contributed by atoms with Crippen LogP contribution >= 0.6 is 0 Å². The second kappa shape index (κ2) is 7.89. The molecule has 1 atom stereocenters. The molecule has 1 aromatic heterocycles. The molecule has 1 unspecified atom stereocenters. The van der Waals surface area contributed by atoms with Crippen molar-refractivity contribution in [2.24, 2.45) is 0 Å². The Morgan fingerprint density at radius 3 is 2.44 bits per heavy atom. The van der Waals surface area contributed by atoms with E-state index in [2.05, 4.69) is 74.6 Å². The molecule has 3 rings (SSSR count). The van der Waals surface area contributed by atoms with Gasteiger partial charge >= 0.3 is 0 Å². The summed E-state index contributed by atoms with van der Waals surface area (Å²) in [6, 6.07) is 17.2. The van der Waals surface area contributed by atoms with Gasteiger partial charge in [0, 0.05) is 24.0 Å². The average molecular weight is 361 g/mol. The zero-order chi connectivity index (χ0) is 19.6. The largest absolute Gasteiger partial charge is 0.359 e. The Balaban J connectivity index is 1.94. The summed E-state index contributed by atoms with van der Waals surface area (Å²) in [6.07, 6.45) is 0.388. The Bertz CT molecular complexity index is 961. The normalized spacial score (nSPS) is 12.4. The highest BCUT2D eigenvalue weighted by atomic mass is 16.1. The third kappa shape index (κ3) is 4.17. The Hall–Kier alpha value is -2.72. The number of carbonyl (C=O) groups is 1. The minimum Gasteiger partial charge on any atom is -0.359 e. The topological polar surface area (TPSA) is 45.2 Å². The van der Waals surface area contributed by atoms with Crippen LogP contribution in [0.2, 0.25) is 0 Å². The second-order valence-electron chi connectivity index (χ2n) is 7.29. The van der Waals surface area contributed by atoms with E-state index in [9.17, 15) is 4.79 Å². The van der Waals surface area contributed by atoms with Gasteiger partial charge in [0.2, 0.25) is 5.91 Å². The van der Waals surface area contributed by atoms with E-state index in [0.717, 1.165) is 27.7 Å². The van der Waals surface area contributed by atoms with Gasteiger partial charge in [-0.05, 0) is 62.8 Å². The summed E-state index contributed by atoms with van der Waals surface area (Å²) in [5.74, 6) is 0.0172. The Labute approximate surface area is 161 Å². The fourth-order valence-electron chi connectivity index (χ4n) is 3.20. The van der Waals surface area contributed by atoms with E-state index in [1.54, 1.807) is 7.05 Å². The number of carbonyl (C=O) groups excluding carboxylic acids is 1. The van der Waals surface area contributed by atoms with E-state index in [-0.39, 0.29) is 5.91 Å². The molecule has 0 bridgehead atoms. The van der Waals surface area contributed by atoms with E-state index in [1.165, 1.54) is 11.1 Å². The van der Waals surface area contributed by atoms with Gasteiger partial charge < -0.3 is 10.2 Å². The van der Waals surface area contributed by atoms with Crippen molar-refractivity contribution in [1.29, 1.82) is 0 Å². The number of nitrogens with one attached hydrogen (secondary N) is 1. The Morgan fingerprint density at radius 1 is 1.11 bits per heavy atom. The highest BCUT2D eigenvalue weighted by molar-refractivity contribution is 5.87. The zero-order valence-electron chi connectivity index (χ0n) is 16.7. The van der Waals surface area contributed by atoms with Crippen molar-refractivity contribution in [3.05, 3.63) is 65.2 Å². The molecule has 0 fully saturated rings. The summed E-state index contributed by atoms with van der Waals surface area (Å²) in [6.45, 7) is 4.30. The number of rotatable bonds is 5. The molecule has 0 radical (unpaired) electrons. The van der Waals surface area contributed by atoms with Crippen LogP contribution < -0.4 is 5.32 Å². The van der Waals surface area contributed by atoms with Crippen LogP contribution in [0.15, 0.2) is 48.5 Å². The number of pyridine rings is 1. The van der Waals surface area contributed by atoms with Crippen LogP contribution in [-0.4, -0.2) is 36.9 Å². The van der Waals surface area contributed by atoms with E-state index in [0.29, 0.717) is 12.5 Å². The number of amides is 1. The van der Waals surface area contributed by atoms with Crippen molar-refractivity contribution in [1.82, 2.24) is 15.2 Å². The molecule has 4 nitrogen and oxygen atoms in total. The van der Waals surface area contributed by atoms with Gasteiger partial charge in [-0.1, -0.05) is 30.3 Å². The molecule has 2 aromatic carbocycles. The third-order valence-corrected chi connectivity index (χ3v) is 5.19. The van der Waals surface area contributed by atoms with Crippen molar-refractivity contribution in [2.75, 3.05) is 21.1 Å². The van der Waals surface area contributed by atoms with E-state index in [4.69, 9.17) is 4.98 Å². The fourth-order valence-corrected chi connectivity index (χ4v) is 3.20. The maximum absolute atomic E-state index is 11.6.